The minimum Gasteiger partial charge on any atom is -0.392 e. The topological polar surface area (TPSA) is 66.4 Å². The fourth-order valence-electron chi connectivity index (χ4n) is 2.27. The number of nitrogens with one attached hydrogen (secondary N) is 1. The number of hydrogen-bond acceptors (Lipinski definition) is 3. The molecule has 5 heteroatoms. The van der Waals surface area contributed by atoms with Gasteiger partial charge in [0.2, 0.25) is 10.0 Å². The quantitative estimate of drug-likeness (QED) is 0.837. The van der Waals surface area contributed by atoms with Crippen LogP contribution in [0.15, 0.2) is 23.1 Å². The zero-order valence-corrected chi connectivity index (χ0v) is 12.2. The van der Waals surface area contributed by atoms with Crippen LogP contribution in [0, 0.1) is 5.92 Å². The summed E-state index contributed by atoms with van der Waals surface area (Å²) in [5.74, 6) is 0.474. The van der Waals surface area contributed by atoms with Crippen molar-refractivity contribution in [1.29, 1.82) is 0 Å². The molecule has 1 atom stereocenters. The number of benzene rings is 1. The Morgan fingerprint density at radius 1 is 1.37 bits per heavy atom. The SMILES string of the molecule is CCc1ccc(S(=O)(=O)NC(C)C2CC2)cc1CO. The van der Waals surface area contributed by atoms with Gasteiger partial charge in [0.1, 0.15) is 0 Å². The summed E-state index contributed by atoms with van der Waals surface area (Å²) >= 11 is 0. The molecule has 4 nitrogen and oxygen atoms in total. The Bertz CT molecular complexity index is 550. The van der Waals surface area contributed by atoms with E-state index in [0.29, 0.717) is 11.5 Å². The third-order valence-electron chi connectivity index (χ3n) is 3.71. The molecule has 1 aromatic carbocycles. The Morgan fingerprint density at radius 2 is 2.05 bits per heavy atom. The molecule has 106 valence electrons. The third kappa shape index (κ3) is 3.35. The van der Waals surface area contributed by atoms with Crippen molar-refractivity contribution in [1.82, 2.24) is 4.72 Å². The average molecular weight is 283 g/mol. The van der Waals surface area contributed by atoms with Crippen molar-refractivity contribution < 1.29 is 13.5 Å². The molecule has 1 aromatic rings. The third-order valence-corrected chi connectivity index (χ3v) is 5.27. The molecule has 2 rings (SSSR count). The number of aliphatic hydroxyl groups excluding tert-OH is 1. The van der Waals surface area contributed by atoms with Crippen molar-refractivity contribution >= 4 is 10.0 Å². The highest BCUT2D eigenvalue weighted by Gasteiger charge is 2.31. The van der Waals surface area contributed by atoms with Crippen molar-refractivity contribution in [3.05, 3.63) is 29.3 Å². The lowest BCUT2D eigenvalue weighted by molar-refractivity contribution is 0.280. The van der Waals surface area contributed by atoms with Crippen LogP contribution < -0.4 is 4.72 Å². The predicted molar refractivity (Wildman–Crippen MR) is 74.3 cm³/mol. The first-order chi connectivity index (χ1) is 8.97. The second kappa shape index (κ2) is 5.61. The van der Waals surface area contributed by atoms with Gasteiger partial charge < -0.3 is 5.11 Å². The molecular formula is C14H21NO3S. The summed E-state index contributed by atoms with van der Waals surface area (Å²) < 4.78 is 27.2. The Morgan fingerprint density at radius 3 is 2.58 bits per heavy atom. The fraction of sp³-hybridized carbons (Fsp3) is 0.571. The second-order valence-electron chi connectivity index (χ2n) is 5.19. The molecule has 1 aliphatic carbocycles. The van der Waals surface area contributed by atoms with E-state index >= 15 is 0 Å². The lowest BCUT2D eigenvalue weighted by Crippen LogP contribution is -2.34. The van der Waals surface area contributed by atoms with Gasteiger partial charge in [-0.3, -0.25) is 0 Å². The van der Waals surface area contributed by atoms with Crippen LogP contribution >= 0.6 is 0 Å². The summed E-state index contributed by atoms with van der Waals surface area (Å²) in [6, 6.07) is 4.94. The molecule has 1 saturated carbocycles. The molecule has 1 aliphatic rings. The van der Waals surface area contributed by atoms with Gasteiger partial charge >= 0.3 is 0 Å². The van der Waals surface area contributed by atoms with Crippen molar-refractivity contribution in [3.8, 4) is 0 Å². The van der Waals surface area contributed by atoms with Crippen LogP contribution in [-0.2, 0) is 23.1 Å². The minimum absolute atomic E-state index is 0.0200. The molecule has 1 unspecified atom stereocenters. The average Bonchev–Trinajstić information content (AvgIpc) is 3.21. The molecule has 0 radical (unpaired) electrons. The van der Waals surface area contributed by atoms with Crippen LogP contribution in [0.1, 0.15) is 37.8 Å². The van der Waals surface area contributed by atoms with E-state index in [9.17, 15) is 13.5 Å². The molecule has 0 aromatic heterocycles. The maximum absolute atomic E-state index is 12.2. The number of sulfonamides is 1. The number of aryl methyl sites for hydroxylation is 1. The molecule has 19 heavy (non-hydrogen) atoms. The monoisotopic (exact) mass is 283 g/mol. The van der Waals surface area contributed by atoms with Crippen molar-refractivity contribution in [3.63, 3.8) is 0 Å². The van der Waals surface area contributed by atoms with Crippen LogP contribution in [0.5, 0.6) is 0 Å². The van der Waals surface area contributed by atoms with Gasteiger partial charge in [0.15, 0.2) is 0 Å². The Balaban J connectivity index is 2.24. The van der Waals surface area contributed by atoms with Crippen LogP contribution in [0.3, 0.4) is 0 Å². The molecule has 0 saturated heterocycles. The van der Waals surface area contributed by atoms with E-state index in [-0.39, 0.29) is 17.5 Å². The fourth-order valence-corrected chi connectivity index (χ4v) is 3.63. The Hall–Kier alpha value is -0.910. The summed E-state index contributed by atoms with van der Waals surface area (Å²) in [4.78, 5) is 0.237. The van der Waals surface area contributed by atoms with Crippen LogP contribution in [0.4, 0.5) is 0 Å². The van der Waals surface area contributed by atoms with Gasteiger partial charge in [0.05, 0.1) is 11.5 Å². The largest absolute Gasteiger partial charge is 0.392 e. The van der Waals surface area contributed by atoms with E-state index in [1.807, 2.05) is 13.8 Å². The Kier molecular flexibility index (Phi) is 4.28. The van der Waals surface area contributed by atoms with E-state index in [4.69, 9.17) is 0 Å². The number of rotatable bonds is 6. The minimum atomic E-state index is -3.48. The Labute approximate surface area is 114 Å². The summed E-state index contributed by atoms with van der Waals surface area (Å²) in [5, 5.41) is 9.30. The maximum atomic E-state index is 12.2. The number of aliphatic hydroxyl groups is 1. The van der Waals surface area contributed by atoms with Gasteiger partial charge in [-0.2, -0.15) is 0 Å². The first kappa shape index (κ1) is 14.5. The van der Waals surface area contributed by atoms with Crippen molar-refractivity contribution in [2.45, 2.75) is 50.7 Å². The van der Waals surface area contributed by atoms with Gasteiger partial charge in [-0.05, 0) is 55.4 Å². The molecule has 1 fully saturated rings. The smallest absolute Gasteiger partial charge is 0.240 e. The first-order valence-electron chi connectivity index (χ1n) is 6.73. The lowest BCUT2D eigenvalue weighted by Gasteiger charge is -2.14. The van der Waals surface area contributed by atoms with Gasteiger partial charge in [-0.25, -0.2) is 13.1 Å². The highest BCUT2D eigenvalue weighted by molar-refractivity contribution is 7.89. The van der Waals surface area contributed by atoms with Crippen LogP contribution in [-0.4, -0.2) is 19.6 Å². The summed E-state index contributed by atoms with van der Waals surface area (Å²) in [6.45, 7) is 3.75. The van der Waals surface area contributed by atoms with Crippen molar-refractivity contribution in [2.75, 3.05) is 0 Å². The molecule has 0 amide bonds. The van der Waals surface area contributed by atoms with E-state index in [0.717, 1.165) is 24.8 Å². The number of hydrogen-bond donors (Lipinski definition) is 2. The van der Waals surface area contributed by atoms with E-state index in [1.165, 1.54) is 0 Å². The summed E-state index contributed by atoms with van der Waals surface area (Å²) in [6.07, 6.45) is 2.98. The predicted octanol–water partition coefficient (Wildman–Crippen LogP) is 1.82. The zero-order chi connectivity index (χ0) is 14.0. The molecule has 0 aliphatic heterocycles. The maximum Gasteiger partial charge on any atom is 0.240 e. The van der Waals surface area contributed by atoms with Gasteiger partial charge in [-0.15, -0.1) is 0 Å². The van der Waals surface area contributed by atoms with Gasteiger partial charge in [0.25, 0.3) is 0 Å². The molecule has 0 spiro atoms. The second-order valence-corrected chi connectivity index (χ2v) is 6.90. The van der Waals surface area contributed by atoms with E-state index < -0.39 is 10.0 Å². The molecular weight excluding hydrogens is 262 g/mol. The molecule has 0 bridgehead atoms. The molecule has 0 heterocycles. The van der Waals surface area contributed by atoms with Crippen molar-refractivity contribution in [2.24, 2.45) is 5.92 Å². The van der Waals surface area contributed by atoms with E-state index in [1.54, 1.807) is 18.2 Å². The first-order valence-corrected chi connectivity index (χ1v) is 8.21. The van der Waals surface area contributed by atoms with Crippen LogP contribution in [0.2, 0.25) is 0 Å². The summed E-state index contributed by atoms with van der Waals surface area (Å²) in [7, 11) is -3.48. The summed E-state index contributed by atoms with van der Waals surface area (Å²) in [5.41, 5.74) is 1.67. The molecule has 2 N–H and O–H groups in total. The highest BCUT2D eigenvalue weighted by Crippen LogP contribution is 2.33. The highest BCUT2D eigenvalue weighted by atomic mass is 32.2. The van der Waals surface area contributed by atoms with Gasteiger partial charge in [0, 0.05) is 6.04 Å². The standard InChI is InChI=1S/C14H21NO3S/c1-3-11-6-7-14(8-13(11)9-16)19(17,18)15-10(2)12-4-5-12/h6-8,10,12,15-16H,3-5,9H2,1-2H3. The lowest BCUT2D eigenvalue weighted by atomic mass is 10.1. The zero-order valence-electron chi connectivity index (χ0n) is 11.4. The van der Waals surface area contributed by atoms with Gasteiger partial charge in [-0.1, -0.05) is 13.0 Å². The van der Waals surface area contributed by atoms with E-state index in [2.05, 4.69) is 4.72 Å². The normalized spacial score (nSPS) is 17.4. The van der Waals surface area contributed by atoms with Crippen LogP contribution in [0.25, 0.3) is 0 Å².